The Morgan fingerprint density at radius 3 is 2.93 bits per heavy atom. The molecule has 2 heterocycles. The second kappa shape index (κ2) is 3.73. The molecule has 1 aliphatic rings. The summed E-state index contributed by atoms with van der Waals surface area (Å²) in [7, 11) is -3.30. The molecule has 7 heteroatoms. The molecule has 0 fully saturated rings. The van der Waals surface area contributed by atoms with E-state index in [1.807, 2.05) is 4.31 Å². The third-order valence-corrected chi connectivity index (χ3v) is 3.42. The zero-order valence-electron chi connectivity index (χ0n) is 8.21. The van der Waals surface area contributed by atoms with Gasteiger partial charge in [-0.3, -0.25) is 0 Å². The van der Waals surface area contributed by atoms with Crippen molar-refractivity contribution in [2.75, 3.05) is 12.8 Å². The van der Waals surface area contributed by atoms with Crippen molar-refractivity contribution in [3.63, 3.8) is 0 Å². The molecule has 1 aromatic heterocycles. The first-order valence-corrected chi connectivity index (χ1v) is 6.74. The average Bonchev–Trinajstić information content (AvgIpc) is 2.15. The first kappa shape index (κ1) is 10.8. The van der Waals surface area contributed by atoms with E-state index in [9.17, 15) is 8.42 Å². The molecular weight excluding hydrogens is 234 g/mol. The number of aromatic nitrogens is 2. The average molecular weight is 245 g/mol. The van der Waals surface area contributed by atoms with E-state index in [2.05, 4.69) is 22.8 Å². The zero-order valence-corrected chi connectivity index (χ0v) is 9.92. The van der Waals surface area contributed by atoms with Gasteiger partial charge in [0.15, 0.2) is 0 Å². The topological polar surface area (TPSA) is 63.2 Å². The Hall–Kier alpha value is -0.660. The van der Waals surface area contributed by atoms with Crippen LogP contribution in [0.15, 0.2) is 11.4 Å². The molecule has 0 aromatic carbocycles. The largest absolute Gasteiger partial charge is 0.248 e. The minimum Gasteiger partial charge on any atom is -0.248 e. The highest BCUT2D eigenvalue weighted by atomic mass is 32.2. The highest BCUT2D eigenvalue weighted by molar-refractivity contribution is 7.90. The van der Waals surface area contributed by atoms with Gasteiger partial charge in [-0.05, 0) is 0 Å². The summed E-state index contributed by atoms with van der Waals surface area (Å²) in [6, 6.07) is 0. The first-order chi connectivity index (χ1) is 6.97. The van der Waals surface area contributed by atoms with Crippen LogP contribution in [0.25, 0.3) is 0 Å². The Bertz CT molecular complexity index is 487. The smallest absolute Gasteiger partial charge is 0.246 e. The summed E-state index contributed by atoms with van der Waals surface area (Å²) in [4.78, 5) is 7.90. The summed E-state index contributed by atoms with van der Waals surface area (Å²) in [6.07, 6.45) is 3.40. The van der Waals surface area contributed by atoms with Crippen LogP contribution in [0.1, 0.15) is 11.3 Å². The van der Waals surface area contributed by atoms with E-state index in [-0.39, 0.29) is 5.16 Å². The summed E-state index contributed by atoms with van der Waals surface area (Å²) < 4.78 is 24.3. The number of hydrogen-bond acceptors (Lipinski definition) is 6. The van der Waals surface area contributed by atoms with Crippen molar-refractivity contribution in [1.82, 2.24) is 14.3 Å². The molecular formula is C8H11N3O2S2. The van der Waals surface area contributed by atoms with Gasteiger partial charge in [0.25, 0.3) is 0 Å². The van der Waals surface area contributed by atoms with Crippen LogP contribution >= 0.6 is 12.8 Å². The molecule has 2 rings (SSSR count). The Labute approximate surface area is 94.0 Å². The van der Waals surface area contributed by atoms with Crippen molar-refractivity contribution in [1.29, 1.82) is 0 Å². The summed E-state index contributed by atoms with van der Waals surface area (Å²) >= 11 is 4.23. The van der Waals surface area contributed by atoms with Crippen molar-refractivity contribution in [3.8, 4) is 0 Å². The van der Waals surface area contributed by atoms with Gasteiger partial charge >= 0.3 is 0 Å². The lowest BCUT2D eigenvalue weighted by Crippen LogP contribution is -2.24. The molecule has 0 aliphatic carbocycles. The van der Waals surface area contributed by atoms with Gasteiger partial charge < -0.3 is 0 Å². The summed E-state index contributed by atoms with van der Waals surface area (Å²) in [6.45, 7) is 1.43. The lowest BCUT2D eigenvalue weighted by molar-refractivity contribution is 0.439. The molecule has 5 nitrogen and oxygen atoms in total. The van der Waals surface area contributed by atoms with Crippen LogP contribution < -0.4 is 0 Å². The number of hydrogen-bond donors (Lipinski definition) is 1. The number of thiol groups is 1. The van der Waals surface area contributed by atoms with E-state index in [1.54, 1.807) is 6.20 Å². The highest BCUT2D eigenvalue weighted by Crippen LogP contribution is 2.18. The van der Waals surface area contributed by atoms with E-state index in [1.165, 1.54) is 0 Å². The molecule has 0 amide bonds. The van der Waals surface area contributed by atoms with Gasteiger partial charge in [-0.25, -0.2) is 22.7 Å². The molecule has 82 valence electrons. The normalized spacial score (nSPS) is 17.5. The molecule has 0 saturated heterocycles. The predicted octanol–water partition coefficient (Wildman–Crippen LogP) is 0.0830. The second-order valence-corrected chi connectivity index (χ2v) is 6.01. The van der Waals surface area contributed by atoms with E-state index in [0.717, 1.165) is 24.1 Å². The van der Waals surface area contributed by atoms with Gasteiger partial charge in [-0.2, -0.15) is 0 Å². The maximum atomic E-state index is 11.2. The van der Waals surface area contributed by atoms with Crippen molar-refractivity contribution < 1.29 is 8.42 Å². The third kappa shape index (κ3) is 2.30. The Balaban J connectivity index is 2.44. The maximum absolute atomic E-state index is 11.2. The number of sulfone groups is 1. The van der Waals surface area contributed by atoms with Gasteiger partial charge in [0.05, 0.1) is 5.69 Å². The van der Waals surface area contributed by atoms with E-state index in [4.69, 9.17) is 0 Å². The van der Waals surface area contributed by atoms with Crippen LogP contribution in [-0.2, 0) is 22.8 Å². The fourth-order valence-electron chi connectivity index (χ4n) is 1.46. The lowest BCUT2D eigenvalue weighted by Gasteiger charge is -2.22. The van der Waals surface area contributed by atoms with Crippen LogP contribution in [0, 0.1) is 0 Å². The summed E-state index contributed by atoms with van der Waals surface area (Å²) in [5, 5.41) is -0.0890. The lowest BCUT2D eigenvalue weighted by atomic mass is 10.1. The zero-order chi connectivity index (χ0) is 11.1. The molecule has 0 radical (unpaired) electrons. The van der Waals surface area contributed by atoms with Gasteiger partial charge in [0.1, 0.15) is 0 Å². The Morgan fingerprint density at radius 2 is 2.27 bits per heavy atom. The number of rotatable bonds is 1. The molecule has 0 bridgehead atoms. The number of fused-ring (bicyclic) bond motifs is 1. The summed E-state index contributed by atoms with van der Waals surface area (Å²) in [5.41, 5.74) is 1.76. The van der Waals surface area contributed by atoms with Crippen molar-refractivity contribution in [2.45, 2.75) is 18.1 Å². The highest BCUT2D eigenvalue weighted by Gasteiger charge is 2.19. The van der Waals surface area contributed by atoms with Crippen LogP contribution in [-0.4, -0.2) is 35.5 Å². The second-order valence-electron chi connectivity index (χ2n) is 3.53. The fraction of sp³-hybridized carbons (Fsp3) is 0.500. The fourth-order valence-corrected chi connectivity index (χ4v) is 2.23. The number of nitrogens with zero attached hydrogens (tertiary/aromatic N) is 3. The monoisotopic (exact) mass is 245 g/mol. The minimum atomic E-state index is -3.30. The van der Waals surface area contributed by atoms with Crippen LogP contribution in [0.2, 0.25) is 0 Å². The third-order valence-electron chi connectivity index (χ3n) is 2.22. The van der Waals surface area contributed by atoms with E-state index >= 15 is 0 Å². The molecule has 0 N–H and O–H groups in total. The molecule has 1 aliphatic heterocycles. The first-order valence-electron chi connectivity index (χ1n) is 4.45. The Morgan fingerprint density at radius 1 is 1.53 bits per heavy atom. The van der Waals surface area contributed by atoms with Gasteiger partial charge in [-0.15, -0.1) is 0 Å². The van der Waals surface area contributed by atoms with Crippen LogP contribution in [0.3, 0.4) is 0 Å². The minimum absolute atomic E-state index is 0.0890. The summed E-state index contributed by atoms with van der Waals surface area (Å²) in [5.74, 6) is 0. The van der Waals surface area contributed by atoms with Gasteiger partial charge in [0, 0.05) is 37.5 Å². The van der Waals surface area contributed by atoms with Crippen LogP contribution in [0.4, 0.5) is 0 Å². The quantitative estimate of drug-likeness (QED) is 0.561. The van der Waals surface area contributed by atoms with Crippen molar-refractivity contribution >= 4 is 22.7 Å². The van der Waals surface area contributed by atoms with Crippen molar-refractivity contribution in [3.05, 3.63) is 17.5 Å². The molecule has 0 saturated carbocycles. The molecule has 0 spiro atoms. The maximum Gasteiger partial charge on any atom is 0.246 e. The predicted molar refractivity (Wildman–Crippen MR) is 58.2 cm³/mol. The van der Waals surface area contributed by atoms with Crippen LogP contribution in [0.5, 0.6) is 0 Å². The Kier molecular flexibility index (Phi) is 2.70. The molecule has 15 heavy (non-hydrogen) atoms. The van der Waals surface area contributed by atoms with E-state index in [0.29, 0.717) is 13.0 Å². The molecule has 1 aromatic rings. The van der Waals surface area contributed by atoms with Gasteiger partial charge in [-0.1, -0.05) is 12.8 Å². The molecule has 0 atom stereocenters. The molecule has 0 unspecified atom stereocenters. The standard InChI is InChI=1S/C8H11N3O2S2/c1-15(12,13)8-9-4-6-5-11(14)3-2-7(6)10-8/h4,14H,2-3,5H2,1H3. The van der Waals surface area contributed by atoms with E-state index < -0.39 is 9.84 Å². The van der Waals surface area contributed by atoms with Gasteiger partial charge in [0.2, 0.25) is 15.0 Å². The SMILES string of the molecule is CS(=O)(=O)c1ncc2c(n1)CCN(S)C2. The van der Waals surface area contributed by atoms with Crippen molar-refractivity contribution in [2.24, 2.45) is 0 Å².